The Hall–Kier alpha value is -1.82. The number of aliphatic imine (C=N–C) groups is 1. The Morgan fingerprint density at radius 3 is 2.81 bits per heavy atom. The van der Waals surface area contributed by atoms with E-state index >= 15 is 0 Å². The molecule has 1 fully saturated rings. The lowest BCUT2D eigenvalue weighted by Gasteiger charge is -2.16. The van der Waals surface area contributed by atoms with E-state index in [-0.39, 0.29) is 0 Å². The highest BCUT2D eigenvalue weighted by Crippen LogP contribution is 2.24. The standard InChI is InChI=1S/C20H34N4O2/c1-3-4-14-25-15-8-13-23-20(21-2)24-16-17-9-7-12-22-19(17)26-18-10-5-6-11-18/h7,9,12,18H,3-6,8,10-11,13-16H2,1-2H3,(H2,21,23,24). The lowest BCUT2D eigenvalue weighted by Crippen LogP contribution is -2.37. The molecule has 0 bridgehead atoms. The van der Waals surface area contributed by atoms with Gasteiger partial charge in [-0.1, -0.05) is 19.4 Å². The SMILES string of the molecule is CCCCOCCCNC(=NC)NCc1cccnc1OC1CCCC1. The van der Waals surface area contributed by atoms with Crippen molar-refractivity contribution in [3.05, 3.63) is 23.9 Å². The smallest absolute Gasteiger partial charge is 0.218 e. The van der Waals surface area contributed by atoms with Crippen LogP contribution >= 0.6 is 0 Å². The van der Waals surface area contributed by atoms with E-state index in [0.29, 0.717) is 12.6 Å². The molecule has 2 rings (SSSR count). The second-order valence-corrected chi connectivity index (χ2v) is 6.66. The van der Waals surface area contributed by atoms with Crippen LogP contribution in [-0.2, 0) is 11.3 Å². The third-order valence-electron chi connectivity index (χ3n) is 4.50. The number of ether oxygens (including phenoxy) is 2. The summed E-state index contributed by atoms with van der Waals surface area (Å²) in [6, 6.07) is 4.00. The molecule has 146 valence electrons. The largest absolute Gasteiger partial charge is 0.474 e. The van der Waals surface area contributed by atoms with E-state index in [9.17, 15) is 0 Å². The van der Waals surface area contributed by atoms with Crippen molar-refractivity contribution in [1.29, 1.82) is 0 Å². The van der Waals surface area contributed by atoms with E-state index in [0.717, 1.165) is 62.8 Å². The molecule has 2 N–H and O–H groups in total. The molecule has 0 amide bonds. The normalized spacial score (nSPS) is 15.2. The molecule has 6 nitrogen and oxygen atoms in total. The number of hydrogen-bond acceptors (Lipinski definition) is 4. The van der Waals surface area contributed by atoms with Crippen LogP contribution in [0.4, 0.5) is 0 Å². The van der Waals surface area contributed by atoms with Crippen molar-refractivity contribution in [2.24, 2.45) is 4.99 Å². The molecule has 1 heterocycles. The summed E-state index contributed by atoms with van der Waals surface area (Å²) in [6.45, 7) is 5.29. The molecule has 0 radical (unpaired) electrons. The second-order valence-electron chi connectivity index (χ2n) is 6.66. The minimum atomic E-state index is 0.314. The van der Waals surface area contributed by atoms with E-state index in [1.807, 2.05) is 6.07 Å². The average Bonchev–Trinajstić information content (AvgIpc) is 3.17. The van der Waals surface area contributed by atoms with Gasteiger partial charge in [-0.05, 0) is 44.6 Å². The molecule has 0 saturated heterocycles. The quantitative estimate of drug-likeness (QED) is 0.359. The molecule has 0 spiro atoms. The molecule has 1 aromatic heterocycles. The highest BCUT2D eigenvalue weighted by molar-refractivity contribution is 5.79. The maximum absolute atomic E-state index is 6.09. The van der Waals surface area contributed by atoms with Crippen LogP contribution in [0.1, 0.15) is 57.4 Å². The van der Waals surface area contributed by atoms with E-state index < -0.39 is 0 Å². The third kappa shape index (κ3) is 7.60. The van der Waals surface area contributed by atoms with Crippen LogP contribution in [0.15, 0.2) is 23.3 Å². The Morgan fingerprint density at radius 1 is 1.23 bits per heavy atom. The van der Waals surface area contributed by atoms with Crippen LogP contribution in [0.2, 0.25) is 0 Å². The minimum absolute atomic E-state index is 0.314. The molecule has 0 aliphatic heterocycles. The van der Waals surface area contributed by atoms with Crippen molar-refractivity contribution < 1.29 is 9.47 Å². The maximum atomic E-state index is 6.09. The molecule has 0 unspecified atom stereocenters. The molecule has 0 atom stereocenters. The van der Waals surface area contributed by atoms with Crippen molar-refractivity contribution in [2.75, 3.05) is 26.8 Å². The second kappa shape index (κ2) is 12.5. The molecule has 1 aliphatic rings. The first-order valence-corrected chi connectivity index (χ1v) is 9.96. The molecule has 1 saturated carbocycles. The Bertz CT molecular complexity index is 530. The van der Waals surface area contributed by atoms with E-state index in [1.165, 1.54) is 19.3 Å². The Kier molecular flexibility index (Phi) is 9.87. The number of pyridine rings is 1. The summed E-state index contributed by atoms with van der Waals surface area (Å²) in [6.07, 6.45) is 10.1. The molecule has 0 aromatic carbocycles. The van der Waals surface area contributed by atoms with Crippen LogP contribution in [0.3, 0.4) is 0 Å². The highest BCUT2D eigenvalue weighted by atomic mass is 16.5. The van der Waals surface area contributed by atoms with Crippen LogP contribution in [0.5, 0.6) is 5.88 Å². The van der Waals surface area contributed by atoms with Gasteiger partial charge in [-0.3, -0.25) is 4.99 Å². The topological polar surface area (TPSA) is 67.8 Å². The summed E-state index contributed by atoms with van der Waals surface area (Å²) in [5.41, 5.74) is 1.06. The van der Waals surface area contributed by atoms with Crippen molar-refractivity contribution in [1.82, 2.24) is 15.6 Å². The predicted octanol–water partition coefficient (Wildman–Crippen LogP) is 3.27. The van der Waals surface area contributed by atoms with Gasteiger partial charge in [-0.15, -0.1) is 0 Å². The molecule has 26 heavy (non-hydrogen) atoms. The summed E-state index contributed by atoms with van der Waals surface area (Å²) >= 11 is 0. The first-order chi connectivity index (χ1) is 12.8. The van der Waals surface area contributed by atoms with Crippen LogP contribution in [-0.4, -0.2) is 43.9 Å². The number of guanidine groups is 1. The van der Waals surface area contributed by atoms with Gasteiger partial charge in [0.1, 0.15) is 6.10 Å². The third-order valence-corrected chi connectivity index (χ3v) is 4.50. The first kappa shape index (κ1) is 20.5. The number of nitrogens with one attached hydrogen (secondary N) is 2. The minimum Gasteiger partial charge on any atom is -0.474 e. The number of nitrogens with zero attached hydrogens (tertiary/aromatic N) is 2. The first-order valence-electron chi connectivity index (χ1n) is 9.96. The fourth-order valence-corrected chi connectivity index (χ4v) is 2.96. The summed E-state index contributed by atoms with van der Waals surface area (Å²) in [4.78, 5) is 8.69. The molecule has 1 aromatic rings. The monoisotopic (exact) mass is 362 g/mol. The Labute approximate surface area is 157 Å². The van der Waals surface area contributed by atoms with Gasteiger partial charge in [0.25, 0.3) is 0 Å². The van der Waals surface area contributed by atoms with E-state index in [4.69, 9.17) is 9.47 Å². The number of hydrogen-bond donors (Lipinski definition) is 2. The van der Waals surface area contributed by atoms with Crippen molar-refractivity contribution in [2.45, 2.75) is 64.5 Å². The zero-order chi connectivity index (χ0) is 18.5. The Balaban J connectivity index is 1.70. The zero-order valence-electron chi connectivity index (χ0n) is 16.3. The number of rotatable bonds is 11. The van der Waals surface area contributed by atoms with E-state index in [1.54, 1.807) is 13.2 Å². The van der Waals surface area contributed by atoms with Crippen molar-refractivity contribution >= 4 is 5.96 Å². The van der Waals surface area contributed by atoms with Crippen molar-refractivity contribution in [3.63, 3.8) is 0 Å². The lowest BCUT2D eigenvalue weighted by atomic mass is 10.2. The van der Waals surface area contributed by atoms with Crippen LogP contribution in [0.25, 0.3) is 0 Å². The van der Waals surface area contributed by atoms with Gasteiger partial charge in [0.2, 0.25) is 5.88 Å². The van der Waals surface area contributed by atoms with Gasteiger partial charge >= 0.3 is 0 Å². The summed E-state index contributed by atoms with van der Waals surface area (Å²) < 4.78 is 11.7. The maximum Gasteiger partial charge on any atom is 0.218 e. The highest BCUT2D eigenvalue weighted by Gasteiger charge is 2.18. The number of aromatic nitrogens is 1. The summed E-state index contributed by atoms with van der Waals surface area (Å²) in [7, 11) is 1.78. The van der Waals surface area contributed by atoms with Crippen LogP contribution in [0, 0.1) is 0 Å². The predicted molar refractivity (Wildman–Crippen MR) is 106 cm³/mol. The molecule has 1 aliphatic carbocycles. The van der Waals surface area contributed by atoms with Crippen molar-refractivity contribution in [3.8, 4) is 5.88 Å². The van der Waals surface area contributed by atoms with Gasteiger partial charge in [-0.25, -0.2) is 4.98 Å². The van der Waals surface area contributed by atoms with Gasteiger partial charge in [0.05, 0.1) is 0 Å². The summed E-state index contributed by atoms with van der Waals surface area (Å²) in [5, 5.41) is 6.66. The zero-order valence-corrected chi connectivity index (χ0v) is 16.3. The van der Waals surface area contributed by atoms with Gasteiger partial charge < -0.3 is 20.1 Å². The summed E-state index contributed by atoms with van der Waals surface area (Å²) in [5.74, 6) is 1.53. The average molecular weight is 363 g/mol. The van der Waals surface area contributed by atoms with Gasteiger partial charge in [0.15, 0.2) is 5.96 Å². The molecular weight excluding hydrogens is 328 g/mol. The lowest BCUT2D eigenvalue weighted by molar-refractivity contribution is 0.129. The van der Waals surface area contributed by atoms with E-state index in [2.05, 4.69) is 33.6 Å². The fourth-order valence-electron chi connectivity index (χ4n) is 2.96. The van der Waals surface area contributed by atoms with Gasteiger partial charge in [0, 0.05) is 45.1 Å². The molecular formula is C20H34N4O2. The Morgan fingerprint density at radius 2 is 2.04 bits per heavy atom. The van der Waals surface area contributed by atoms with Crippen LogP contribution < -0.4 is 15.4 Å². The van der Waals surface area contributed by atoms with Gasteiger partial charge in [-0.2, -0.15) is 0 Å². The molecule has 6 heteroatoms. The fraction of sp³-hybridized carbons (Fsp3) is 0.700. The number of unbranched alkanes of at least 4 members (excludes halogenated alkanes) is 1.